The van der Waals surface area contributed by atoms with E-state index in [1.54, 1.807) is 13.0 Å². The van der Waals surface area contributed by atoms with Crippen LogP contribution in [0, 0.1) is 25.1 Å². The maximum atomic E-state index is 13.7. The number of hydrogen-bond acceptors (Lipinski definition) is 2. The quantitative estimate of drug-likeness (QED) is 0.806. The van der Waals surface area contributed by atoms with Gasteiger partial charge in [0.2, 0.25) is 0 Å². The normalized spacial score (nSPS) is 12.0. The third-order valence-electron chi connectivity index (χ3n) is 3.21. The second-order valence-electron chi connectivity index (χ2n) is 4.39. The van der Waals surface area contributed by atoms with Crippen molar-refractivity contribution in [3.63, 3.8) is 0 Å². The molecule has 0 amide bonds. The summed E-state index contributed by atoms with van der Waals surface area (Å²) < 4.78 is 13.7. The molecule has 0 aromatic heterocycles. The lowest BCUT2D eigenvalue weighted by molar-refractivity contribution is 0.600. The minimum atomic E-state index is -0.174. The lowest BCUT2D eigenvalue weighted by atomic mass is 10.0. The summed E-state index contributed by atoms with van der Waals surface area (Å²) in [5, 5.41) is 3.14. The predicted molar refractivity (Wildman–Crippen MR) is 75.3 cm³/mol. The Balaban J connectivity index is 3.30. The van der Waals surface area contributed by atoms with Crippen molar-refractivity contribution in [2.75, 3.05) is 25.0 Å². The number of halogens is 1. The molecule has 3 heteroatoms. The zero-order chi connectivity index (χ0) is 13.7. The smallest absolute Gasteiger partial charge is 0.126 e. The second-order valence-corrected chi connectivity index (χ2v) is 4.39. The van der Waals surface area contributed by atoms with Crippen LogP contribution >= 0.6 is 0 Å². The summed E-state index contributed by atoms with van der Waals surface area (Å²) in [5.74, 6) is 2.47. The Morgan fingerprint density at radius 3 is 2.67 bits per heavy atom. The number of nitrogens with one attached hydrogen (secondary N) is 1. The lowest BCUT2D eigenvalue weighted by Crippen LogP contribution is -2.26. The minimum absolute atomic E-state index is 0.0851. The summed E-state index contributed by atoms with van der Waals surface area (Å²) >= 11 is 0. The highest BCUT2D eigenvalue weighted by Crippen LogP contribution is 2.29. The summed E-state index contributed by atoms with van der Waals surface area (Å²) in [5.41, 5.74) is 2.60. The standard InChI is InChI=1S/C15H21FN2/c1-6-8-18(7-2)15-9-11(3)14(16)10-13(15)12(4)17-5/h1,9-10,12,17H,7-8H2,2-5H3. The van der Waals surface area contributed by atoms with Crippen LogP contribution in [0.2, 0.25) is 0 Å². The van der Waals surface area contributed by atoms with E-state index in [-0.39, 0.29) is 11.9 Å². The number of nitrogens with zero attached hydrogens (tertiary/aromatic N) is 1. The summed E-state index contributed by atoms with van der Waals surface area (Å²) in [6, 6.07) is 3.56. The van der Waals surface area contributed by atoms with Crippen molar-refractivity contribution < 1.29 is 4.39 Å². The Kier molecular flexibility index (Phi) is 5.18. The fourth-order valence-electron chi connectivity index (χ4n) is 1.94. The van der Waals surface area contributed by atoms with Crippen molar-refractivity contribution in [1.82, 2.24) is 5.32 Å². The monoisotopic (exact) mass is 248 g/mol. The molecule has 0 spiro atoms. The summed E-state index contributed by atoms with van der Waals surface area (Å²) in [4.78, 5) is 2.08. The molecular weight excluding hydrogens is 227 g/mol. The van der Waals surface area contributed by atoms with Crippen LogP contribution < -0.4 is 10.2 Å². The molecule has 1 aromatic carbocycles. The van der Waals surface area contributed by atoms with Gasteiger partial charge in [-0.15, -0.1) is 6.42 Å². The number of terminal acetylenes is 1. The molecule has 0 radical (unpaired) electrons. The average molecular weight is 248 g/mol. The third kappa shape index (κ3) is 3.02. The number of hydrogen-bond donors (Lipinski definition) is 1. The van der Waals surface area contributed by atoms with Gasteiger partial charge in [-0.1, -0.05) is 5.92 Å². The van der Waals surface area contributed by atoms with Gasteiger partial charge in [0, 0.05) is 18.3 Å². The van der Waals surface area contributed by atoms with Gasteiger partial charge in [-0.3, -0.25) is 0 Å². The molecule has 1 unspecified atom stereocenters. The lowest BCUT2D eigenvalue weighted by Gasteiger charge is -2.26. The first kappa shape index (κ1) is 14.5. The highest BCUT2D eigenvalue weighted by atomic mass is 19.1. The molecule has 1 N–H and O–H groups in total. The average Bonchev–Trinajstić information content (AvgIpc) is 2.38. The molecule has 1 rings (SSSR count). The molecule has 0 aliphatic heterocycles. The van der Waals surface area contributed by atoms with Gasteiger partial charge in [-0.25, -0.2) is 4.39 Å². The van der Waals surface area contributed by atoms with Gasteiger partial charge in [0.1, 0.15) is 5.82 Å². The van der Waals surface area contributed by atoms with Crippen molar-refractivity contribution in [3.05, 3.63) is 29.1 Å². The Morgan fingerprint density at radius 2 is 2.17 bits per heavy atom. The van der Waals surface area contributed by atoms with E-state index in [1.165, 1.54) is 0 Å². The Hall–Kier alpha value is -1.53. The Bertz CT molecular complexity index is 449. The van der Waals surface area contributed by atoms with Crippen molar-refractivity contribution in [2.24, 2.45) is 0 Å². The van der Waals surface area contributed by atoms with E-state index in [9.17, 15) is 4.39 Å². The van der Waals surface area contributed by atoms with Crippen LogP contribution in [0.25, 0.3) is 0 Å². The molecular formula is C15H21FN2. The molecule has 0 fully saturated rings. The van der Waals surface area contributed by atoms with E-state index in [4.69, 9.17) is 6.42 Å². The third-order valence-corrected chi connectivity index (χ3v) is 3.21. The zero-order valence-electron chi connectivity index (χ0n) is 11.5. The van der Waals surface area contributed by atoms with Crippen LogP contribution in [0.3, 0.4) is 0 Å². The van der Waals surface area contributed by atoms with Crippen molar-refractivity contribution in [1.29, 1.82) is 0 Å². The highest BCUT2D eigenvalue weighted by molar-refractivity contribution is 5.57. The molecule has 0 aliphatic carbocycles. The van der Waals surface area contributed by atoms with E-state index in [0.29, 0.717) is 12.1 Å². The molecule has 0 bridgehead atoms. The first-order valence-corrected chi connectivity index (χ1v) is 6.20. The molecule has 98 valence electrons. The van der Waals surface area contributed by atoms with Crippen molar-refractivity contribution >= 4 is 5.69 Å². The molecule has 0 saturated heterocycles. The molecule has 0 aliphatic rings. The predicted octanol–water partition coefficient (Wildman–Crippen LogP) is 2.87. The summed E-state index contributed by atoms with van der Waals surface area (Å²) in [6.07, 6.45) is 5.39. The first-order valence-electron chi connectivity index (χ1n) is 6.20. The molecule has 2 nitrogen and oxygen atoms in total. The van der Waals surface area contributed by atoms with E-state index in [2.05, 4.69) is 16.1 Å². The topological polar surface area (TPSA) is 15.3 Å². The molecule has 0 saturated carbocycles. The van der Waals surface area contributed by atoms with Crippen LogP contribution in [0.5, 0.6) is 0 Å². The van der Waals surface area contributed by atoms with E-state index >= 15 is 0 Å². The number of rotatable bonds is 5. The van der Waals surface area contributed by atoms with Gasteiger partial charge in [-0.2, -0.15) is 0 Å². The highest BCUT2D eigenvalue weighted by Gasteiger charge is 2.16. The van der Waals surface area contributed by atoms with Crippen molar-refractivity contribution in [3.8, 4) is 12.3 Å². The van der Waals surface area contributed by atoms with Crippen LogP contribution in [0.1, 0.15) is 31.0 Å². The molecule has 0 heterocycles. The summed E-state index contributed by atoms with van der Waals surface area (Å²) in [7, 11) is 1.86. The van der Waals surface area contributed by atoms with Gasteiger partial charge in [0.15, 0.2) is 0 Å². The maximum Gasteiger partial charge on any atom is 0.126 e. The zero-order valence-corrected chi connectivity index (χ0v) is 11.5. The molecule has 1 atom stereocenters. The second kappa shape index (κ2) is 6.42. The van der Waals surface area contributed by atoms with Gasteiger partial charge < -0.3 is 10.2 Å². The summed E-state index contributed by atoms with van der Waals surface area (Å²) in [6.45, 7) is 7.17. The number of anilines is 1. The van der Waals surface area contributed by atoms with Crippen molar-refractivity contribution in [2.45, 2.75) is 26.8 Å². The van der Waals surface area contributed by atoms with Crippen LogP contribution in [-0.2, 0) is 0 Å². The fraction of sp³-hybridized carbons (Fsp3) is 0.467. The van der Waals surface area contributed by atoms with Crippen LogP contribution in [-0.4, -0.2) is 20.1 Å². The Labute approximate surface area is 109 Å². The SMILES string of the molecule is C#CCN(CC)c1cc(C)c(F)cc1C(C)NC. The van der Waals surface area contributed by atoms with Gasteiger partial charge in [-0.05, 0) is 51.1 Å². The van der Waals surface area contributed by atoms with Gasteiger partial charge in [0.05, 0.1) is 6.54 Å². The first-order chi connectivity index (χ1) is 8.54. The molecule has 18 heavy (non-hydrogen) atoms. The van der Waals surface area contributed by atoms with E-state index in [0.717, 1.165) is 17.8 Å². The Morgan fingerprint density at radius 1 is 1.50 bits per heavy atom. The maximum absolute atomic E-state index is 13.7. The minimum Gasteiger partial charge on any atom is -0.360 e. The van der Waals surface area contributed by atoms with Gasteiger partial charge in [0.25, 0.3) is 0 Å². The largest absolute Gasteiger partial charge is 0.360 e. The number of benzene rings is 1. The van der Waals surface area contributed by atoms with E-state index in [1.807, 2.05) is 27.0 Å². The van der Waals surface area contributed by atoms with Crippen LogP contribution in [0.4, 0.5) is 10.1 Å². The fourth-order valence-corrected chi connectivity index (χ4v) is 1.94. The van der Waals surface area contributed by atoms with Crippen LogP contribution in [0.15, 0.2) is 12.1 Å². The van der Waals surface area contributed by atoms with Gasteiger partial charge >= 0.3 is 0 Å². The van der Waals surface area contributed by atoms with E-state index < -0.39 is 0 Å². The molecule has 1 aromatic rings. The number of aryl methyl sites for hydroxylation is 1.